The molecule has 1 rings (SSSR count). The van der Waals surface area contributed by atoms with E-state index in [-0.39, 0.29) is 0 Å². The summed E-state index contributed by atoms with van der Waals surface area (Å²) < 4.78 is 0. The monoisotopic (exact) mass is 264 g/mol. The maximum atomic E-state index is 9.90. The van der Waals surface area contributed by atoms with Gasteiger partial charge in [-0.25, -0.2) is 0 Å². The largest absolute Gasteiger partial charge is 0.388 e. The van der Waals surface area contributed by atoms with Crippen molar-refractivity contribution < 1.29 is 5.11 Å². The minimum absolute atomic E-state index is 0.468. The van der Waals surface area contributed by atoms with Crippen molar-refractivity contribution in [2.45, 2.75) is 18.9 Å². The van der Waals surface area contributed by atoms with Gasteiger partial charge in [0.15, 0.2) is 0 Å². The van der Waals surface area contributed by atoms with Crippen LogP contribution in [0, 0.1) is 0 Å². The molecule has 15 heavy (non-hydrogen) atoms. The summed E-state index contributed by atoms with van der Waals surface area (Å²) in [5.74, 6) is 1.05. The molecule has 1 aromatic carbocycles. The molecule has 0 saturated carbocycles. The van der Waals surface area contributed by atoms with Crippen molar-refractivity contribution in [3.63, 3.8) is 0 Å². The summed E-state index contributed by atoms with van der Waals surface area (Å²) >= 11 is 13.7. The van der Waals surface area contributed by atoms with Crippen LogP contribution >= 0.6 is 35.0 Å². The average molecular weight is 265 g/mol. The molecular formula is C11H14Cl2OS. The summed E-state index contributed by atoms with van der Waals surface area (Å²) in [6, 6.07) is 5.35. The molecule has 1 N–H and O–H groups in total. The van der Waals surface area contributed by atoms with E-state index in [1.807, 2.05) is 6.07 Å². The summed E-state index contributed by atoms with van der Waals surface area (Å²) in [6.45, 7) is 0. The van der Waals surface area contributed by atoms with Crippen LogP contribution in [0.3, 0.4) is 0 Å². The normalized spacial score (nSPS) is 12.8. The topological polar surface area (TPSA) is 20.2 Å². The molecule has 1 nitrogen and oxygen atoms in total. The minimum atomic E-state index is -0.511. The highest BCUT2D eigenvalue weighted by molar-refractivity contribution is 7.98. The molecule has 1 unspecified atom stereocenters. The van der Waals surface area contributed by atoms with E-state index >= 15 is 0 Å². The number of aliphatic hydroxyl groups is 1. The van der Waals surface area contributed by atoms with E-state index in [9.17, 15) is 5.11 Å². The molecule has 0 heterocycles. The predicted octanol–water partition coefficient (Wildman–Crippen LogP) is 4.17. The standard InChI is InChI=1S/C11H14Cl2OS/c1-15-7-3-6-10(14)8-4-2-5-9(12)11(8)13/h2,4-5,10,14H,3,6-7H2,1H3. The van der Waals surface area contributed by atoms with E-state index < -0.39 is 6.10 Å². The Hall–Kier alpha value is 0.110. The molecule has 0 saturated heterocycles. The zero-order chi connectivity index (χ0) is 11.3. The fourth-order valence-electron chi connectivity index (χ4n) is 1.35. The molecule has 1 aromatic rings. The van der Waals surface area contributed by atoms with Crippen LogP contribution in [-0.2, 0) is 0 Å². The predicted molar refractivity (Wildman–Crippen MR) is 69.0 cm³/mol. The van der Waals surface area contributed by atoms with Gasteiger partial charge in [-0.1, -0.05) is 35.3 Å². The summed E-state index contributed by atoms with van der Waals surface area (Å²) in [5, 5.41) is 10.9. The van der Waals surface area contributed by atoms with E-state index in [2.05, 4.69) is 6.26 Å². The van der Waals surface area contributed by atoms with E-state index in [4.69, 9.17) is 23.2 Å². The lowest BCUT2D eigenvalue weighted by Gasteiger charge is -2.12. The highest BCUT2D eigenvalue weighted by Gasteiger charge is 2.12. The van der Waals surface area contributed by atoms with Crippen molar-refractivity contribution in [2.75, 3.05) is 12.0 Å². The number of hydrogen-bond donors (Lipinski definition) is 1. The molecule has 0 aliphatic carbocycles. The zero-order valence-corrected chi connectivity index (χ0v) is 10.9. The van der Waals surface area contributed by atoms with Crippen molar-refractivity contribution in [3.05, 3.63) is 33.8 Å². The summed E-state index contributed by atoms with van der Waals surface area (Å²) in [4.78, 5) is 0. The van der Waals surface area contributed by atoms with Crippen molar-refractivity contribution >= 4 is 35.0 Å². The van der Waals surface area contributed by atoms with Crippen LogP contribution in [0.5, 0.6) is 0 Å². The molecule has 0 radical (unpaired) electrons. The lowest BCUT2D eigenvalue weighted by atomic mass is 10.1. The Morgan fingerprint density at radius 3 is 2.80 bits per heavy atom. The van der Waals surface area contributed by atoms with Crippen LogP contribution in [-0.4, -0.2) is 17.1 Å². The van der Waals surface area contributed by atoms with Gasteiger partial charge in [0.25, 0.3) is 0 Å². The van der Waals surface area contributed by atoms with Gasteiger partial charge in [-0.3, -0.25) is 0 Å². The third kappa shape index (κ3) is 3.87. The summed E-state index contributed by atoms with van der Waals surface area (Å²) in [7, 11) is 0. The number of hydrogen-bond acceptors (Lipinski definition) is 2. The zero-order valence-electron chi connectivity index (χ0n) is 8.54. The minimum Gasteiger partial charge on any atom is -0.388 e. The quantitative estimate of drug-likeness (QED) is 0.806. The van der Waals surface area contributed by atoms with Crippen LogP contribution in [0.4, 0.5) is 0 Å². The Morgan fingerprint density at radius 1 is 1.40 bits per heavy atom. The van der Waals surface area contributed by atoms with E-state index in [1.165, 1.54) is 0 Å². The van der Waals surface area contributed by atoms with Gasteiger partial charge in [-0.15, -0.1) is 0 Å². The second-order valence-electron chi connectivity index (χ2n) is 3.29. The van der Waals surface area contributed by atoms with Crippen LogP contribution in [0.1, 0.15) is 24.5 Å². The number of halogens is 2. The van der Waals surface area contributed by atoms with E-state index in [0.29, 0.717) is 10.0 Å². The molecule has 0 spiro atoms. The second kappa shape index (κ2) is 6.64. The van der Waals surface area contributed by atoms with Gasteiger partial charge in [0.2, 0.25) is 0 Å². The van der Waals surface area contributed by atoms with Crippen LogP contribution in [0.2, 0.25) is 10.0 Å². The maximum absolute atomic E-state index is 9.90. The Kier molecular flexibility index (Phi) is 5.83. The van der Waals surface area contributed by atoms with Crippen molar-refractivity contribution in [1.82, 2.24) is 0 Å². The fraction of sp³-hybridized carbons (Fsp3) is 0.455. The summed E-state index contributed by atoms with van der Waals surface area (Å²) in [5.41, 5.74) is 0.727. The Labute approximate surface area is 105 Å². The van der Waals surface area contributed by atoms with Crippen molar-refractivity contribution in [3.8, 4) is 0 Å². The lowest BCUT2D eigenvalue weighted by Crippen LogP contribution is -1.99. The number of benzene rings is 1. The van der Waals surface area contributed by atoms with Gasteiger partial charge in [-0.2, -0.15) is 11.8 Å². The number of thioether (sulfide) groups is 1. The molecule has 0 aliphatic heterocycles. The molecule has 0 aliphatic rings. The molecule has 1 atom stereocenters. The van der Waals surface area contributed by atoms with Crippen LogP contribution < -0.4 is 0 Å². The molecule has 0 bridgehead atoms. The van der Waals surface area contributed by atoms with Gasteiger partial charge >= 0.3 is 0 Å². The SMILES string of the molecule is CSCCCC(O)c1cccc(Cl)c1Cl. The average Bonchev–Trinajstić information content (AvgIpc) is 2.22. The molecule has 0 aromatic heterocycles. The first-order valence-corrected chi connectivity index (χ1v) is 6.92. The first-order valence-electron chi connectivity index (χ1n) is 4.77. The van der Waals surface area contributed by atoms with Gasteiger partial charge in [-0.05, 0) is 30.9 Å². The van der Waals surface area contributed by atoms with Crippen LogP contribution in [0.25, 0.3) is 0 Å². The third-order valence-electron chi connectivity index (χ3n) is 2.17. The number of rotatable bonds is 5. The first kappa shape index (κ1) is 13.2. The van der Waals surface area contributed by atoms with E-state index in [1.54, 1.807) is 23.9 Å². The van der Waals surface area contributed by atoms with Gasteiger partial charge in [0.05, 0.1) is 16.1 Å². The molecule has 84 valence electrons. The van der Waals surface area contributed by atoms with E-state index in [0.717, 1.165) is 24.2 Å². The highest BCUT2D eigenvalue weighted by atomic mass is 35.5. The highest BCUT2D eigenvalue weighted by Crippen LogP contribution is 2.31. The van der Waals surface area contributed by atoms with Crippen molar-refractivity contribution in [1.29, 1.82) is 0 Å². The Bertz CT molecular complexity index is 317. The molecule has 4 heteroatoms. The van der Waals surface area contributed by atoms with Crippen LogP contribution in [0.15, 0.2) is 18.2 Å². The van der Waals surface area contributed by atoms with Crippen molar-refractivity contribution in [2.24, 2.45) is 0 Å². The molecular weight excluding hydrogens is 251 g/mol. The lowest BCUT2D eigenvalue weighted by molar-refractivity contribution is 0.167. The van der Waals surface area contributed by atoms with Gasteiger partial charge < -0.3 is 5.11 Å². The molecule has 0 amide bonds. The first-order chi connectivity index (χ1) is 7.16. The Morgan fingerprint density at radius 2 is 2.13 bits per heavy atom. The third-order valence-corrected chi connectivity index (χ3v) is 3.70. The summed E-state index contributed by atoms with van der Waals surface area (Å²) in [6.07, 6.45) is 3.24. The van der Waals surface area contributed by atoms with Gasteiger partial charge in [0.1, 0.15) is 0 Å². The Balaban J connectivity index is 2.65. The second-order valence-corrected chi connectivity index (χ2v) is 5.06. The maximum Gasteiger partial charge on any atom is 0.0805 e. The van der Waals surface area contributed by atoms with Gasteiger partial charge in [0, 0.05) is 5.56 Å². The molecule has 0 fully saturated rings. The number of aliphatic hydroxyl groups excluding tert-OH is 1. The smallest absolute Gasteiger partial charge is 0.0805 e. The fourth-order valence-corrected chi connectivity index (χ4v) is 2.24.